The largest absolute Gasteiger partial charge is 0.497 e. The third-order valence-electron chi connectivity index (χ3n) is 6.97. The van der Waals surface area contributed by atoms with E-state index in [0.717, 1.165) is 49.5 Å². The van der Waals surface area contributed by atoms with Crippen LogP contribution in [-0.2, 0) is 6.42 Å². The van der Waals surface area contributed by atoms with Crippen molar-refractivity contribution in [1.82, 2.24) is 9.88 Å². The number of hydrogen-bond acceptors (Lipinski definition) is 5. The summed E-state index contributed by atoms with van der Waals surface area (Å²) in [6.45, 7) is 5.67. The Hall–Kier alpha value is -2.08. The van der Waals surface area contributed by atoms with E-state index >= 15 is 0 Å². The molecule has 2 atom stereocenters. The van der Waals surface area contributed by atoms with Gasteiger partial charge in [-0.25, -0.2) is 0 Å². The van der Waals surface area contributed by atoms with E-state index in [2.05, 4.69) is 53.2 Å². The van der Waals surface area contributed by atoms with Gasteiger partial charge in [-0.2, -0.15) is 0 Å². The van der Waals surface area contributed by atoms with E-state index in [1.807, 2.05) is 30.1 Å². The minimum Gasteiger partial charge on any atom is -0.497 e. The second kappa shape index (κ2) is 11.9. The zero-order valence-corrected chi connectivity index (χ0v) is 20.7. The van der Waals surface area contributed by atoms with Crippen molar-refractivity contribution in [2.45, 2.75) is 37.5 Å². The molecule has 5 heteroatoms. The number of aliphatic hydroxyl groups excluding tert-OH is 1. The van der Waals surface area contributed by atoms with Gasteiger partial charge in [-0.3, -0.25) is 4.98 Å². The van der Waals surface area contributed by atoms with Gasteiger partial charge in [0, 0.05) is 41.9 Å². The number of aliphatic hydroxyl groups is 1. The summed E-state index contributed by atoms with van der Waals surface area (Å²) in [6.07, 6.45) is 6.45. The average Bonchev–Trinajstić information content (AvgIpc) is 2.85. The fourth-order valence-electron chi connectivity index (χ4n) is 4.96. The summed E-state index contributed by atoms with van der Waals surface area (Å²) >= 11 is 1.93. The third-order valence-corrected chi connectivity index (χ3v) is 7.96. The van der Waals surface area contributed by atoms with Crippen LogP contribution in [0.15, 0.2) is 59.6 Å². The van der Waals surface area contributed by atoms with Crippen molar-refractivity contribution in [3.8, 4) is 5.75 Å². The summed E-state index contributed by atoms with van der Waals surface area (Å²) in [7, 11) is 1.71. The maximum absolute atomic E-state index is 10.1. The number of piperidine rings is 1. The molecular formula is C28H36N2O2S. The summed E-state index contributed by atoms with van der Waals surface area (Å²) in [4.78, 5) is 8.39. The van der Waals surface area contributed by atoms with Gasteiger partial charge in [0.2, 0.25) is 0 Å². The van der Waals surface area contributed by atoms with Crippen LogP contribution in [0.1, 0.15) is 30.4 Å². The minimum atomic E-state index is 0.293. The van der Waals surface area contributed by atoms with Gasteiger partial charge in [-0.15, -0.1) is 11.8 Å². The average molecular weight is 465 g/mol. The predicted molar refractivity (Wildman–Crippen MR) is 138 cm³/mol. The van der Waals surface area contributed by atoms with Gasteiger partial charge in [-0.05, 0) is 92.9 Å². The van der Waals surface area contributed by atoms with Crippen molar-refractivity contribution in [3.63, 3.8) is 0 Å². The summed E-state index contributed by atoms with van der Waals surface area (Å²) in [5.74, 6) is 2.98. The number of methoxy groups -OCH3 is 1. The number of aryl methyl sites for hydroxylation is 2. The van der Waals surface area contributed by atoms with E-state index in [0.29, 0.717) is 18.4 Å². The fraction of sp³-hybridized carbons (Fsp3) is 0.464. The Morgan fingerprint density at radius 1 is 1.12 bits per heavy atom. The lowest BCUT2D eigenvalue weighted by atomic mass is 9.82. The molecule has 0 unspecified atom stereocenters. The second-order valence-corrected chi connectivity index (χ2v) is 10.4. The van der Waals surface area contributed by atoms with Gasteiger partial charge in [0.15, 0.2) is 0 Å². The molecule has 0 amide bonds. The molecule has 0 saturated carbocycles. The van der Waals surface area contributed by atoms with Crippen LogP contribution in [0.5, 0.6) is 5.75 Å². The summed E-state index contributed by atoms with van der Waals surface area (Å²) < 4.78 is 5.41. The molecule has 1 fully saturated rings. The smallest absolute Gasteiger partial charge is 0.119 e. The van der Waals surface area contributed by atoms with Crippen LogP contribution in [0.3, 0.4) is 0 Å². The number of ether oxygens (including phenoxy) is 1. The highest BCUT2D eigenvalue weighted by Crippen LogP contribution is 2.30. The number of likely N-dealkylation sites (tertiary alicyclic amines) is 1. The molecule has 4 rings (SSSR count). The molecule has 3 aromatic rings. The van der Waals surface area contributed by atoms with E-state index < -0.39 is 0 Å². The van der Waals surface area contributed by atoms with Gasteiger partial charge in [0.05, 0.1) is 12.6 Å². The Balaban J connectivity index is 1.25. The van der Waals surface area contributed by atoms with Gasteiger partial charge in [0.1, 0.15) is 5.75 Å². The Kier molecular flexibility index (Phi) is 8.65. The Labute approximate surface area is 202 Å². The molecule has 1 saturated heterocycles. The van der Waals surface area contributed by atoms with Gasteiger partial charge in [-0.1, -0.05) is 17.7 Å². The van der Waals surface area contributed by atoms with Crippen molar-refractivity contribution in [2.75, 3.05) is 39.1 Å². The topological polar surface area (TPSA) is 45.6 Å². The number of benzene rings is 2. The number of rotatable bonds is 10. The number of pyridine rings is 1. The highest BCUT2D eigenvalue weighted by atomic mass is 32.2. The summed E-state index contributed by atoms with van der Waals surface area (Å²) in [6, 6.07) is 17.0. The molecule has 0 spiro atoms. The van der Waals surface area contributed by atoms with Crippen molar-refractivity contribution in [2.24, 2.45) is 11.8 Å². The first-order valence-corrected chi connectivity index (χ1v) is 13.1. The zero-order chi connectivity index (χ0) is 23.0. The molecule has 0 aliphatic carbocycles. The standard InChI is InChI=1S/C28H36N2O2S/c1-21-6-9-26(10-7-21)33-17-16-30-15-13-22(24(19-30)20-31)4-3-5-23-12-14-29-28-11-8-25(32-2)18-27(23)28/h6-12,14,18,22,24,31H,3-5,13,15-17,19-20H2,1-2H3/t22-,24-/m1/s1. The van der Waals surface area contributed by atoms with Crippen LogP contribution in [-0.4, -0.2) is 54.1 Å². The molecule has 1 N–H and O–H groups in total. The van der Waals surface area contributed by atoms with E-state index in [1.54, 1.807) is 7.11 Å². The van der Waals surface area contributed by atoms with Crippen molar-refractivity contribution >= 4 is 22.7 Å². The van der Waals surface area contributed by atoms with Crippen LogP contribution in [0, 0.1) is 18.8 Å². The number of fused-ring (bicyclic) bond motifs is 1. The Morgan fingerprint density at radius 2 is 1.97 bits per heavy atom. The monoisotopic (exact) mass is 464 g/mol. The number of aromatic nitrogens is 1. The molecule has 33 heavy (non-hydrogen) atoms. The van der Waals surface area contributed by atoms with Crippen LogP contribution < -0.4 is 4.74 Å². The van der Waals surface area contributed by atoms with E-state index in [-0.39, 0.29) is 0 Å². The van der Waals surface area contributed by atoms with Crippen LogP contribution >= 0.6 is 11.8 Å². The van der Waals surface area contributed by atoms with E-state index in [4.69, 9.17) is 4.74 Å². The molecule has 1 aromatic heterocycles. The second-order valence-electron chi connectivity index (χ2n) is 9.20. The van der Waals surface area contributed by atoms with Gasteiger partial charge in [0.25, 0.3) is 0 Å². The van der Waals surface area contributed by atoms with Crippen molar-refractivity contribution in [1.29, 1.82) is 0 Å². The SMILES string of the molecule is COc1ccc2nccc(CCC[C@@H]3CCN(CCSc4ccc(C)cc4)C[C@@H]3CO)c2c1. The highest BCUT2D eigenvalue weighted by molar-refractivity contribution is 7.99. The Bertz CT molecular complexity index is 1020. The molecule has 2 aromatic carbocycles. The zero-order valence-electron chi connectivity index (χ0n) is 19.9. The van der Waals surface area contributed by atoms with E-state index in [9.17, 15) is 5.11 Å². The molecule has 1 aliphatic heterocycles. The lowest BCUT2D eigenvalue weighted by molar-refractivity contribution is 0.0710. The van der Waals surface area contributed by atoms with Crippen molar-refractivity contribution < 1.29 is 9.84 Å². The molecular weight excluding hydrogens is 428 g/mol. The predicted octanol–water partition coefficient (Wildman–Crippen LogP) is 5.60. The quantitative estimate of drug-likeness (QED) is 0.396. The van der Waals surface area contributed by atoms with E-state index in [1.165, 1.54) is 34.3 Å². The van der Waals surface area contributed by atoms with Crippen LogP contribution in [0.2, 0.25) is 0 Å². The molecule has 2 heterocycles. The number of hydrogen-bond donors (Lipinski definition) is 1. The fourth-order valence-corrected chi connectivity index (χ4v) is 5.87. The first-order chi connectivity index (χ1) is 16.2. The maximum Gasteiger partial charge on any atom is 0.119 e. The highest BCUT2D eigenvalue weighted by Gasteiger charge is 2.28. The van der Waals surface area contributed by atoms with Gasteiger partial charge >= 0.3 is 0 Å². The van der Waals surface area contributed by atoms with Crippen molar-refractivity contribution in [3.05, 3.63) is 65.9 Å². The lowest BCUT2D eigenvalue weighted by Crippen LogP contribution is -2.42. The third kappa shape index (κ3) is 6.50. The molecule has 0 radical (unpaired) electrons. The van der Waals surface area contributed by atoms with Crippen LogP contribution in [0.25, 0.3) is 10.9 Å². The molecule has 1 aliphatic rings. The first-order valence-electron chi connectivity index (χ1n) is 12.1. The molecule has 0 bridgehead atoms. The normalized spacial score (nSPS) is 19.1. The number of thioether (sulfide) groups is 1. The maximum atomic E-state index is 10.1. The number of nitrogens with zero attached hydrogens (tertiary/aromatic N) is 2. The minimum absolute atomic E-state index is 0.293. The molecule has 176 valence electrons. The lowest BCUT2D eigenvalue weighted by Gasteiger charge is -2.38. The Morgan fingerprint density at radius 3 is 2.76 bits per heavy atom. The van der Waals surface area contributed by atoms with Crippen LogP contribution in [0.4, 0.5) is 0 Å². The molecule has 4 nitrogen and oxygen atoms in total. The van der Waals surface area contributed by atoms with Gasteiger partial charge < -0.3 is 14.7 Å². The summed E-state index contributed by atoms with van der Waals surface area (Å²) in [5.41, 5.74) is 3.67. The summed E-state index contributed by atoms with van der Waals surface area (Å²) in [5, 5.41) is 11.3. The first kappa shape index (κ1) is 24.1.